The molecule has 1 saturated heterocycles. The lowest BCUT2D eigenvalue weighted by Gasteiger charge is -2.18. The Morgan fingerprint density at radius 3 is 2.80 bits per heavy atom. The Morgan fingerprint density at radius 1 is 1.45 bits per heavy atom. The van der Waals surface area contributed by atoms with Crippen molar-refractivity contribution >= 4 is 23.8 Å². The van der Waals surface area contributed by atoms with Crippen LogP contribution >= 0.6 is 11.8 Å². The molecule has 106 valence electrons. The minimum atomic E-state index is -0.532. The maximum absolute atomic E-state index is 12.2. The molecule has 1 aromatic rings. The number of ether oxygens (including phenoxy) is 1. The topological polar surface area (TPSA) is 46.6 Å². The van der Waals surface area contributed by atoms with Crippen molar-refractivity contribution in [3.05, 3.63) is 48.6 Å². The van der Waals surface area contributed by atoms with Crippen LogP contribution in [-0.4, -0.2) is 35.8 Å². The highest BCUT2D eigenvalue weighted by Gasteiger charge is 2.30. The molecule has 5 heteroatoms. The quantitative estimate of drug-likeness (QED) is 0.756. The van der Waals surface area contributed by atoms with E-state index in [0.717, 1.165) is 11.3 Å². The molecule has 1 aromatic carbocycles. The number of carbonyl (C=O) groups excluding carboxylic acids is 2. The van der Waals surface area contributed by atoms with Crippen LogP contribution in [0.1, 0.15) is 17.2 Å². The van der Waals surface area contributed by atoms with Crippen molar-refractivity contribution in [2.75, 3.05) is 18.9 Å². The van der Waals surface area contributed by atoms with Gasteiger partial charge < -0.3 is 4.74 Å². The molecule has 1 heterocycles. The van der Waals surface area contributed by atoms with E-state index in [4.69, 9.17) is 4.74 Å². The molecule has 0 saturated carbocycles. The summed E-state index contributed by atoms with van der Waals surface area (Å²) in [5.74, 6) is 0.579. The second-order valence-electron chi connectivity index (χ2n) is 4.39. The summed E-state index contributed by atoms with van der Waals surface area (Å²) in [6, 6.07) is 9.84. The van der Waals surface area contributed by atoms with Crippen LogP contribution in [0, 0.1) is 0 Å². The van der Waals surface area contributed by atoms with Crippen molar-refractivity contribution in [2.45, 2.75) is 11.7 Å². The first-order valence-electron chi connectivity index (χ1n) is 6.47. The molecule has 2 rings (SSSR count). The Labute approximate surface area is 122 Å². The molecule has 0 bridgehead atoms. The number of hydrogen-bond donors (Lipinski definition) is 0. The third-order valence-electron chi connectivity index (χ3n) is 3.01. The number of carbonyl (C=O) groups is 2. The van der Waals surface area contributed by atoms with Gasteiger partial charge in [-0.15, -0.1) is 18.3 Å². The minimum absolute atomic E-state index is 0.0232. The zero-order chi connectivity index (χ0) is 14.4. The van der Waals surface area contributed by atoms with Gasteiger partial charge in [0.2, 0.25) is 5.91 Å². The van der Waals surface area contributed by atoms with E-state index in [2.05, 4.69) is 6.58 Å². The number of thioether (sulfide) groups is 1. The summed E-state index contributed by atoms with van der Waals surface area (Å²) in [5, 5.41) is 0.0232. The molecule has 4 nitrogen and oxygen atoms in total. The predicted octanol–water partition coefficient (Wildman–Crippen LogP) is 3.02. The Hall–Kier alpha value is -1.75. The molecule has 1 aliphatic rings. The maximum atomic E-state index is 12.2. The van der Waals surface area contributed by atoms with E-state index in [1.54, 1.807) is 11.8 Å². The molecular formula is C15H17NO3S. The number of amides is 2. The lowest BCUT2D eigenvalue weighted by atomic mass is 10.1. The van der Waals surface area contributed by atoms with E-state index in [-0.39, 0.29) is 17.6 Å². The number of rotatable bonds is 6. The van der Waals surface area contributed by atoms with Crippen LogP contribution in [0.3, 0.4) is 0 Å². The standard InChI is InChI=1S/C15H17NO3S/c1-2-10-20-13(12-6-4-3-5-7-12)11-14(17)16-8-9-19-15(16)18/h2-7,13H,1,8-11H2/t13-/m0/s1. The maximum Gasteiger partial charge on any atom is 0.416 e. The van der Waals surface area contributed by atoms with Crippen LogP contribution in [0.5, 0.6) is 0 Å². The highest BCUT2D eigenvalue weighted by atomic mass is 32.2. The summed E-state index contributed by atoms with van der Waals surface area (Å²) in [4.78, 5) is 24.8. The van der Waals surface area contributed by atoms with Gasteiger partial charge in [0.15, 0.2) is 0 Å². The summed E-state index contributed by atoms with van der Waals surface area (Å²) < 4.78 is 4.80. The van der Waals surface area contributed by atoms with E-state index in [9.17, 15) is 9.59 Å². The zero-order valence-electron chi connectivity index (χ0n) is 11.2. The van der Waals surface area contributed by atoms with Gasteiger partial charge in [-0.05, 0) is 5.56 Å². The Balaban J connectivity index is 2.05. The summed E-state index contributed by atoms with van der Waals surface area (Å²) in [6.07, 6.45) is 1.57. The normalized spacial score (nSPS) is 15.8. The van der Waals surface area contributed by atoms with Gasteiger partial charge >= 0.3 is 6.09 Å². The average Bonchev–Trinajstić information content (AvgIpc) is 2.90. The second kappa shape index (κ2) is 7.14. The summed E-state index contributed by atoms with van der Waals surface area (Å²) in [6.45, 7) is 4.35. The van der Waals surface area contributed by atoms with Gasteiger partial charge in [-0.25, -0.2) is 9.69 Å². The molecule has 1 atom stereocenters. The van der Waals surface area contributed by atoms with Gasteiger partial charge in [-0.2, -0.15) is 0 Å². The van der Waals surface area contributed by atoms with Gasteiger partial charge in [0.05, 0.1) is 6.54 Å². The van der Waals surface area contributed by atoms with Crippen molar-refractivity contribution in [3.63, 3.8) is 0 Å². The van der Waals surface area contributed by atoms with Crippen LogP contribution in [0.4, 0.5) is 4.79 Å². The SMILES string of the molecule is C=CCS[C@@H](CC(=O)N1CCOC1=O)c1ccccc1. The monoisotopic (exact) mass is 291 g/mol. The summed E-state index contributed by atoms with van der Waals surface area (Å²) in [5.41, 5.74) is 1.08. The molecular weight excluding hydrogens is 274 g/mol. The number of benzene rings is 1. The van der Waals surface area contributed by atoms with Crippen molar-refractivity contribution in [2.24, 2.45) is 0 Å². The highest BCUT2D eigenvalue weighted by Crippen LogP contribution is 2.32. The molecule has 2 amide bonds. The van der Waals surface area contributed by atoms with Crippen LogP contribution in [0.25, 0.3) is 0 Å². The molecule has 0 unspecified atom stereocenters. The van der Waals surface area contributed by atoms with Gasteiger partial charge in [-0.3, -0.25) is 4.79 Å². The third-order valence-corrected chi connectivity index (χ3v) is 4.28. The first-order chi connectivity index (χ1) is 9.72. The largest absolute Gasteiger partial charge is 0.447 e. The summed E-state index contributed by atoms with van der Waals surface area (Å²) in [7, 11) is 0. The van der Waals surface area contributed by atoms with Crippen molar-refractivity contribution in [1.29, 1.82) is 0 Å². The Kier molecular flexibility index (Phi) is 5.24. The molecule has 0 aromatic heterocycles. The van der Waals surface area contributed by atoms with Crippen LogP contribution < -0.4 is 0 Å². The molecule has 0 N–H and O–H groups in total. The lowest BCUT2D eigenvalue weighted by molar-refractivity contribution is -0.127. The molecule has 1 aliphatic heterocycles. The third kappa shape index (κ3) is 3.63. The van der Waals surface area contributed by atoms with Crippen molar-refractivity contribution in [3.8, 4) is 0 Å². The van der Waals surface area contributed by atoms with E-state index < -0.39 is 6.09 Å². The smallest absolute Gasteiger partial charge is 0.416 e. The Bertz CT molecular complexity index is 489. The predicted molar refractivity (Wildman–Crippen MR) is 79.5 cm³/mol. The number of hydrogen-bond acceptors (Lipinski definition) is 4. The van der Waals surface area contributed by atoms with Crippen molar-refractivity contribution in [1.82, 2.24) is 4.90 Å². The van der Waals surface area contributed by atoms with E-state index in [1.165, 1.54) is 4.90 Å². The first-order valence-corrected chi connectivity index (χ1v) is 7.52. The van der Waals surface area contributed by atoms with E-state index in [0.29, 0.717) is 13.2 Å². The fourth-order valence-electron chi connectivity index (χ4n) is 2.01. The average molecular weight is 291 g/mol. The molecule has 0 spiro atoms. The first kappa shape index (κ1) is 14.7. The molecule has 0 radical (unpaired) electrons. The highest BCUT2D eigenvalue weighted by molar-refractivity contribution is 7.99. The van der Waals surface area contributed by atoms with Gasteiger partial charge in [0.25, 0.3) is 0 Å². The van der Waals surface area contributed by atoms with Gasteiger partial charge in [0.1, 0.15) is 6.61 Å². The molecule has 20 heavy (non-hydrogen) atoms. The summed E-state index contributed by atoms with van der Waals surface area (Å²) >= 11 is 1.65. The number of cyclic esters (lactones) is 1. The number of nitrogens with zero attached hydrogens (tertiary/aromatic N) is 1. The van der Waals surface area contributed by atoms with Crippen LogP contribution in [-0.2, 0) is 9.53 Å². The second-order valence-corrected chi connectivity index (χ2v) is 5.62. The Morgan fingerprint density at radius 2 is 2.20 bits per heavy atom. The van der Waals surface area contributed by atoms with Gasteiger partial charge in [-0.1, -0.05) is 36.4 Å². The van der Waals surface area contributed by atoms with E-state index >= 15 is 0 Å². The van der Waals surface area contributed by atoms with Crippen molar-refractivity contribution < 1.29 is 14.3 Å². The van der Waals surface area contributed by atoms with E-state index in [1.807, 2.05) is 36.4 Å². The lowest BCUT2D eigenvalue weighted by Crippen LogP contribution is -2.32. The number of imide groups is 1. The fraction of sp³-hybridized carbons (Fsp3) is 0.333. The molecule has 1 fully saturated rings. The minimum Gasteiger partial charge on any atom is -0.447 e. The fourth-order valence-corrected chi connectivity index (χ4v) is 2.99. The zero-order valence-corrected chi connectivity index (χ0v) is 12.0. The molecule has 0 aliphatic carbocycles. The van der Waals surface area contributed by atoms with Gasteiger partial charge in [0, 0.05) is 17.4 Å². The van der Waals surface area contributed by atoms with Crippen LogP contribution in [0.15, 0.2) is 43.0 Å². The van der Waals surface area contributed by atoms with Crippen LogP contribution in [0.2, 0.25) is 0 Å².